The van der Waals surface area contributed by atoms with Gasteiger partial charge in [0.2, 0.25) is 10.0 Å². The lowest BCUT2D eigenvalue weighted by Crippen LogP contribution is -2.34. The number of nitrogens with two attached hydrogens (primary N) is 1. The fourth-order valence-corrected chi connectivity index (χ4v) is 4.12. The van der Waals surface area contributed by atoms with Crippen molar-refractivity contribution in [1.82, 2.24) is 4.90 Å². The molecule has 0 aromatic heterocycles. The predicted molar refractivity (Wildman–Crippen MR) is 97.2 cm³/mol. The van der Waals surface area contributed by atoms with E-state index in [2.05, 4.69) is 6.92 Å². The summed E-state index contributed by atoms with van der Waals surface area (Å²) in [4.78, 5) is 1.49. The lowest BCUT2D eigenvalue weighted by Gasteiger charge is -2.31. The van der Waals surface area contributed by atoms with Gasteiger partial charge in [0.1, 0.15) is 0 Å². The van der Waals surface area contributed by atoms with E-state index in [1.807, 2.05) is 4.90 Å². The number of piperidine rings is 1. The number of rotatable bonds is 6. The number of alkyl halides is 3. The van der Waals surface area contributed by atoms with Crippen molar-refractivity contribution < 1.29 is 26.3 Å². The van der Waals surface area contributed by atoms with Crippen LogP contribution in [0.5, 0.6) is 0 Å². The largest absolute Gasteiger partial charge is 0.501 e. The minimum absolute atomic E-state index is 0.241. The Kier molecular flexibility index (Phi) is 6.93. The molecule has 1 aliphatic heterocycles. The van der Waals surface area contributed by atoms with Gasteiger partial charge in [-0.15, -0.1) is 0 Å². The predicted octanol–water partition coefficient (Wildman–Crippen LogP) is 3.59. The molecule has 1 aromatic rings. The molecule has 152 valence electrons. The van der Waals surface area contributed by atoms with E-state index >= 15 is 0 Å². The standard InChI is InChI=1S/C18H25F3N2O3S/c1-3-26-8-6-15-16(18(19,20)21)9-14(10-17(15)27(22,24)25)12-23-7-4-5-13(2)11-23/h6,8-10,13H,3-5,7,11-12H2,1-2H3,(H2,22,24,25)/b8-6+/t13-/m0/s1. The zero-order valence-corrected chi connectivity index (χ0v) is 16.2. The van der Waals surface area contributed by atoms with Crippen LogP contribution in [0.4, 0.5) is 13.2 Å². The number of hydrogen-bond acceptors (Lipinski definition) is 4. The molecule has 0 unspecified atom stereocenters. The number of benzene rings is 1. The topological polar surface area (TPSA) is 72.6 Å². The third-order valence-corrected chi connectivity index (χ3v) is 5.41. The zero-order valence-electron chi connectivity index (χ0n) is 15.4. The summed E-state index contributed by atoms with van der Waals surface area (Å²) in [6.07, 6.45) is -0.640. The van der Waals surface area contributed by atoms with Crippen molar-refractivity contribution in [2.24, 2.45) is 11.1 Å². The summed E-state index contributed by atoms with van der Waals surface area (Å²) in [5, 5.41) is 5.21. The lowest BCUT2D eigenvalue weighted by molar-refractivity contribution is -0.137. The van der Waals surface area contributed by atoms with Gasteiger partial charge in [0, 0.05) is 18.7 Å². The highest BCUT2D eigenvalue weighted by atomic mass is 32.2. The van der Waals surface area contributed by atoms with Crippen LogP contribution in [0.2, 0.25) is 0 Å². The number of sulfonamides is 1. The Morgan fingerprint density at radius 2 is 2.07 bits per heavy atom. The maximum absolute atomic E-state index is 13.6. The molecule has 0 radical (unpaired) electrons. The fraction of sp³-hybridized carbons (Fsp3) is 0.556. The first-order chi connectivity index (χ1) is 12.5. The minimum Gasteiger partial charge on any atom is -0.501 e. The van der Waals surface area contributed by atoms with Crippen molar-refractivity contribution in [1.29, 1.82) is 0 Å². The van der Waals surface area contributed by atoms with E-state index in [0.717, 1.165) is 44.3 Å². The summed E-state index contributed by atoms with van der Waals surface area (Å²) in [7, 11) is -4.35. The van der Waals surface area contributed by atoms with Crippen LogP contribution in [0.1, 0.15) is 43.4 Å². The van der Waals surface area contributed by atoms with E-state index < -0.39 is 32.2 Å². The average Bonchev–Trinajstić information content (AvgIpc) is 2.54. The molecule has 9 heteroatoms. The lowest BCUT2D eigenvalue weighted by atomic mass is 9.98. The van der Waals surface area contributed by atoms with Gasteiger partial charge in [0.25, 0.3) is 0 Å². The molecular weight excluding hydrogens is 381 g/mol. The van der Waals surface area contributed by atoms with Crippen LogP contribution in [-0.2, 0) is 27.5 Å². The zero-order chi connectivity index (χ0) is 20.2. The number of primary sulfonamides is 1. The third kappa shape index (κ3) is 5.95. The van der Waals surface area contributed by atoms with E-state index in [-0.39, 0.29) is 18.7 Å². The van der Waals surface area contributed by atoms with E-state index in [4.69, 9.17) is 9.88 Å². The van der Waals surface area contributed by atoms with Gasteiger partial charge in [0.05, 0.1) is 23.3 Å². The Balaban J connectivity index is 2.53. The Morgan fingerprint density at radius 1 is 1.37 bits per heavy atom. The Morgan fingerprint density at radius 3 is 2.63 bits per heavy atom. The van der Waals surface area contributed by atoms with Crippen LogP contribution in [0.25, 0.3) is 6.08 Å². The van der Waals surface area contributed by atoms with Crippen LogP contribution < -0.4 is 5.14 Å². The van der Waals surface area contributed by atoms with Crippen molar-refractivity contribution in [2.75, 3.05) is 19.7 Å². The van der Waals surface area contributed by atoms with E-state index in [1.54, 1.807) is 6.92 Å². The van der Waals surface area contributed by atoms with E-state index in [0.29, 0.717) is 5.92 Å². The fourth-order valence-electron chi connectivity index (χ4n) is 3.32. The van der Waals surface area contributed by atoms with Crippen LogP contribution in [0, 0.1) is 5.92 Å². The molecule has 0 aliphatic carbocycles. The number of halogens is 3. The van der Waals surface area contributed by atoms with Gasteiger partial charge >= 0.3 is 6.18 Å². The normalized spacial score (nSPS) is 19.6. The van der Waals surface area contributed by atoms with Crippen LogP contribution in [0.15, 0.2) is 23.3 Å². The van der Waals surface area contributed by atoms with Gasteiger partial charge < -0.3 is 4.74 Å². The molecular formula is C18H25F3N2O3S. The second kappa shape index (κ2) is 8.62. The highest BCUT2D eigenvalue weighted by Gasteiger charge is 2.36. The molecule has 0 bridgehead atoms. The second-order valence-corrected chi connectivity index (χ2v) is 8.37. The van der Waals surface area contributed by atoms with Crippen molar-refractivity contribution in [3.63, 3.8) is 0 Å². The highest BCUT2D eigenvalue weighted by Crippen LogP contribution is 2.37. The molecule has 0 saturated carbocycles. The van der Waals surface area contributed by atoms with Gasteiger partial charge in [-0.2, -0.15) is 13.2 Å². The van der Waals surface area contributed by atoms with Crippen molar-refractivity contribution in [3.05, 3.63) is 35.1 Å². The maximum Gasteiger partial charge on any atom is 0.417 e. The van der Waals surface area contributed by atoms with Crippen LogP contribution in [-0.4, -0.2) is 33.0 Å². The van der Waals surface area contributed by atoms with Gasteiger partial charge in [0.15, 0.2) is 0 Å². The molecule has 1 aromatic carbocycles. The van der Waals surface area contributed by atoms with Crippen molar-refractivity contribution in [3.8, 4) is 0 Å². The molecule has 5 nitrogen and oxygen atoms in total. The molecule has 1 fully saturated rings. The molecule has 1 atom stereocenters. The molecule has 2 N–H and O–H groups in total. The summed E-state index contributed by atoms with van der Waals surface area (Å²) in [5.41, 5.74) is -1.27. The van der Waals surface area contributed by atoms with Crippen molar-refractivity contribution in [2.45, 2.75) is 44.3 Å². The minimum atomic E-state index is -4.73. The molecule has 1 aliphatic rings. The molecule has 27 heavy (non-hydrogen) atoms. The highest BCUT2D eigenvalue weighted by molar-refractivity contribution is 7.89. The van der Waals surface area contributed by atoms with Crippen molar-refractivity contribution >= 4 is 16.1 Å². The maximum atomic E-state index is 13.6. The molecule has 1 heterocycles. The Labute approximate surface area is 158 Å². The van der Waals surface area contributed by atoms with E-state index in [1.165, 1.54) is 6.07 Å². The second-order valence-electron chi connectivity index (χ2n) is 6.84. The van der Waals surface area contributed by atoms with Gasteiger partial charge in [-0.3, -0.25) is 4.90 Å². The Bertz CT molecular complexity index is 792. The number of hydrogen-bond donors (Lipinski definition) is 1. The summed E-state index contributed by atoms with van der Waals surface area (Å²) in [6, 6.07) is 2.23. The van der Waals surface area contributed by atoms with Gasteiger partial charge in [-0.25, -0.2) is 13.6 Å². The smallest absolute Gasteiger partial charge is 0.417 e. The summed E-state index contributed by atoms with van der Waals surface area (Å²) in [6.45, 7) is 5.77. The SMILES string of the molecule is CCO/C=C/c1c(C(F)(F)F)cc(CN2CCC[C@H](C)C2)cc1S(N)(=O)=O. The first-order valence-electron chi connectivity index (χ1n) is 8.79. The Hall–Kier alpha value is -1.58. The number of nitrogens with zero attached hydrogens (tertiary/aromatic N) is 1. The van der Waals surface area contributed by atoms with Gasteiger partial charge in [-0.1, -0.05) is 6.92 Å². The quantitative estimate of drug-likeness (QED) is 0.733. The average molecular weight is 406 g/mol. The first kappa shape index (κ1) is 21.7. The summed E-state index contributed by atoms with van der Waals surface area (Å²) >= 11 is 0. The monoisotopic (exact) mass is 406 g/mol. The molecule has 1 saturated heterocycles. The molecule has 0 spiro atoms. The summed E-state index contributed by atoms with van der Waals surface area (Å²) in [5.74, 6) is 0.451. The van der Waals surface area contributed by atoms with E-state index in [9.17, 15) is 21.6 Å². The molecule has 0 amide bonds. The van der Waals surface area contributed by atoms with Crippen LogP contribution in [0.3, 0.4) is 0 Å². The first-order valence-corrected chi connectivity index (χ1v) is 10.3. The molecule has 2 rings (SSSR count). The third-order valence-electron chi connectivity index (χ3n) is 4.46. The number of ether oxygens (including phenoxy) is 1. The van der Waals surface area contributed by atoms with Gasteiger partial charge in [-0.05, 0) is 56.0 Å². The number of likely N-dealkylation sites (tertiary alicyclic amines) is 1. The summed E-state index contributed by atoms with van der Waals surface area (Å²) < 4.78 is 69.8. The van der Waals surface area contributed by atoms with Crippen LogP contribution >= 0.6 is 0 Å².